The fraction of sp³-hybridized carbons (Fsp3) is 0.588. The topological polar surface area (TPSA) is 49.6 Å². The van der Waals surface area contributed by atoms with Crippen LogP contribution in [0, 0.1) is 5.92 Å². The summed E-state index contributed by atoms with van der Waals surface area (Å²) in [7, 11) is 0. The largest absolute Gasteiger partial charge is 0.336 e. The second-order valence-electron chi connectivity index (χ2n) is 6.62. The summed E-state index contributed by atoms with van der Waals surface area (Å²) in [6.07, 6.45) is 2.47. The van der Waals surface area contributed by atoms with Gasteiger partial charge >= 0.3 is 0 Å². The van der Waals surface area contributed by atoms with E-state index in [0.717, 1.165) is 6.54 Å². The van der Waals surface area contributed by atoms with Gasteiger partial charge in [-0.25, -0.2) is 0 Å². The van der Waals surface area contributed by atoms with Gasteiger partial charge in [-0.15, -0.1) is 24.8 Å². The molecule has 0 spiro atoms. The van der Waals surface area contributed by atoms with E-state index in [1.165, 1.54) is 31.5 Å². The molecule has 0 saturated carbocycles. The number of halogens is 2. The molecule has 5 rings (SSSR count). The number of benzene rings is 1. The van der Waals surface area contributed by atoms with E-state index in [4.69, 9.17) is 5.73 Å². The van der Waals surface area contributed by atoms with E-state index < -0.39 is 0 Å². The highest BCUT2D eigenvalue weighted by Gasteiger charge is 2.54. The van der Waals surface area contributed by atoms with Crippen molar-refractivity contribution in [2.45, 2.75) is 30.8 Å². The van der Waals surface area contributed by atoms with Crippen LogP contribution < -0.4 is 5.73 Å². The Morgan fingerprint density at radius 1 is 1.09 bits per heavy atom. The number of carbonyl (C=O) groups excluding carboxylic acids is 1. The van der Waals surface area contributed by atoms with Gasteiger partial charge in [0, 0.05) is 18.5 Å². The molecule has 4 aliphatic rings. The van der Waals surface area contributed by atoms with Crippen LogP contribution in [0.2, 0.25) is 0 Å². The quantitative estimate of drug-likeness (QED) is 0.878. The molecule has 23 heavy (non-hydrogen) atoms. The van der Waals surface area contributed by atoms with E-state index in [1.807, 2.05) is 0 Å². The van der Waals surface area contributed by atoms with Gasteiger partial charge in [0.05, 0.1) is 12.6 Å². The standard InChI is InChI=1S/C17H23N3O.2ClH/c18-10-15(21)20-11-14(12-4-2-1-3-5-12)17-16(20)13-6-8-19(17)9-7-13;;/h1-5,13-14,16-17H,6-11,18H2;2*1H/t14-,16+,17+;;/m0../s1. The monoisotopic (exact) mass is 357 g/mol. The zero-order chi connectivity index (χ0) is 14.4. The fourth-order valence-electron chi connectivity index (χ4n) is 4.82. The van der Waals surface area contributed by atoms with E-state index in [1.54, 1.807) is 0 Å². The molecule has 1 aromatic carbocycles. The van der Waals surface area contributed by atoms with Crippen molar-refractivity contribution >= 4 is 30.7 Å². The van der Waals surface area contributed by atoms with Gasteiger partial charge in [0.1, 0.15) is 0 Å². The van der Waals surface area contributed by atoms with Crippen molar-refractivity contribution in [3.63, 3.8) is 0 Å². The van der Waals surface area contributed by atoms with E-state index in [0.29, 0.717) is 23.9 Å². The van der Waals surface area contributed by atoms with Crippen molar-refractivity contribution in [2.75, 3.05) is 26.2 Å². The van der Waals surface area contributed by atoms with Crippen LogP contribution in [-0.4, -0.2) is 54.0 Å². The zero-order valence-electron chi connectivity index (χ0n) is 13.1. The number of amides is 1. The third kappa shape index (κ3) is 2.98. The molecule has 0 aromatic heterocycles. The maximum absolute atomic E-state index is 12.3. The molecule has 4 aliphatic heterocycles. The Hall–Kier alpha value is -0.810. The van der Waals surface area contributed by atoms with Crippen molar-refractivity contribution in [3.05, 3.63) is 35.9 Å². The second-order valence-corrected chi connectivity index (χ2v) is 6.62. The number of hydrogen-bond donors (Lipinski definition) is 1. The van der Waals surface area contributed by atoms with Crippen LogP contribution in [0.5, 0.6) is 0 Å². The molecule has 1 amide bonds. The van der Waals surface area contributed by atoms with E-state index in [2.05, 4.69) is 40.1 Å². The number of nitrogens with zero attached hydrogens (tertiary/aromatic N) is 2. The zero-order valence-corrected chi connectivity index (χ0v) is 14.8. The summed E-state index contributed by atoms with van der Waals surface area (Å²) in [5.41, 5.74) is 7.02. The normalized spacial score (nSPS) is 34.3. The Kier molecular flexibility index (Phi) is 5.95. The van der Waals surface area contributed by atoms with Crippen molar-refractivity contribution in [1.82, 2.24) is 9.80 Å². The highest BCUT2D eigenvalue weighted by Crippen LogP contribution is 2.46. The van der Waals surface area contributed by atoms with Crippen molar-refractivity contribution in [3.8, 4) is 0 Å². The average molecular weight is 358 g/mol. The van der Waals surface area contributed by atoms with Gasteiger partial charge in [-0.2, -0.15) is 0 Å². The summed E-state index contributed by atoms with van der Waals surface area (Å²) in [4.78, 5) is 17.0. The number of fused-ring (bicyclic) bond motifs is 2. The van der Waals surface area contributed by atoms with Crippen molar-refractivity contribution in [1.29, 1.82) is 0 Å². The van der Waals surface area contributed by atoms with Gasteiger partial charge in [-0.1, -0.05) is 30.3 Å². The first-order chi connectivity index (χ1) is 10.3. The smallest absolute Gasteiger partial charge is 0.236 e. The Labute approximate surface area is 150 Å². The summed E-state index contributed by atoms with van der Waals surface area (Å²) in [5.74, 6) is 1.23. The second kappa shape index (κ2) is 7.39. The van der Waals surface area contributed by atoms with Crippen LogP contribution in [0.4, 0.5) is 0 Å². The third-order valence-electron chi connectivity index (χ3n) is 5.72. The third-order valence-corrected chi connectivity index (χ3v) is 5.72. The Morgan fingerprint density at radius 2 is 1.74 bits per heavy atom. The molecular formula is C17H25Cl2N3O. The van der Waals surface area contributed by atoms with Crippen molar-refractivity contribution < 1.29 is 4.79 Å². The van der Waals surface area contributed by atoms with Crippen LogP contribution in [0.3, 0.4) is 0 Å². The van der Waals surface area contributed by atoms with Gasteiger partial charge < -0.3 is 10.6 Å². The molecule has 0 aliphatic carbocycles. The Balaban J connectivity index is 0.000000960. The summed E-state index contributed by atoms with van der Waals surface area (Å²) in [5, 5.41) is 0. The van der Waals surface area contributed by atoms with Crippen LogP contribution in [0.15, 0.2) is 30.3 Å². The first-order valence-electron chi connectivity index (χ1n) is 8.08. The minimum atomic E-state index is 0. The molecule has 3 atom stereocenters. The Morgan fingerprint density at radius 3 is 2.35 bits per heavy atom. The number of carbonyl (C=O) groups is 1. The molecule has 4 saturated heterocycles. The molecule has 4 fully saturated rings. The van der Waals surface area contributed by atoms with Crippen LogP contribution in [0.1, 0.15) is 24.3 Å². The first-order valence-corrected chi connectivity index (χ1v) is 8.08. The number of rotatable bonds is 2. The highest BCUT2D eigenvalue weighted by atomic mass is 35.5. The molecule has 2 bridgehead atoms. The average Bonchev–Trinajstić information content (AvgIpc) is 2.99. The molecule has 4 nitrogen and oxygen atoms in total. The minimum absolute atomic E-state index is 0. The molecule has 0 radical (unpaired) electrons. The van der Waals surface area contributed by atoms with E-state index in [-0.39, 0.29) is 37.3 Å². The number of piperidine rings is 3. The number of likely N-dealkylation sites (tertiary alicyclic amines) is 1. The first kappa shape index (κ1) is 18.5. The number of hydrogen-bond acceptors (Lipinski definition) is 3. The van der Waals surface area contributed by atoms with Crippen LogP contribution in [0.25, 0.3) is 0 Å². The summed E-state index contributed by atoms with van der Waals surface area (Å²) >= 11 is 0. The van der Waals surface area contributed by atoms with E-state index >= 15 is 0 Å². The van der Waals surface area contributed by atoms with Crippen LogP contribution >= 0.6 is 24.8 Å². The van der Waals surface area contributed by atoms with Gasteiger partial charge in [-0.05, 0) is 37.4 Å². The lowest BCUT2D eigenvalue weighted by Crippen LogP contribution is -2.61. The maximum Gasteiger partial charge on any atom is 0.236 e. The summed E-state index contributed by atoms with van der Waals surface area (Å²) in [6.45, 7) is 3.36. The van der Waals surface area contributed by atoms with Gasteiger partial charge in [0.2, 0.25) is 5.91 Å². The van der Waals surface area contributed by atoms with Crippen molar-refractivity contribution in [2.24, 2.45) is 11.7 Å². The molecule has 0 unspecified atom stereocenters. The van der Waals surface area contributed by atoms with Gasteiger partial charge in [-0.3, -0.25) is 9.69 Å². The van der Waals surface area contributed by atoms with Gasteiger partial charge in [0.25, 0.3) is 0 Å². The molecular weight excluding hydrogens is 333 g/mol. The lowest BCUT2D eigenvalue weighted by atomic mass is 9.75. The predicted octanol–water partition coefficient (Wildman–Crippen LogP) is 1.88. The summed E-state index contributed by atoms with van der Waals surface area (Å²) in [6, 6.07) is 11.6. The van der Waals surface area contributed by atoms with Gasteiger partial charge in [0.15, 0.2) is 0 Å². The summed E-state index contributed by atoms with van der Waals surface area (Å²) < 4.78 is 0. The lowest BCUT2D eigenvalue weighted by Gasteiger charge is -2.51. The molecule has 128 valence electrons. The molecule has 4 heterocycles. The predicted molar refractivity (Wildman–Crippen MR) is 96.3 cm³/mol. The lowest BCUT2D eigenvalue weighted by molar-refractivity contribution is -0.134. The molecule has 2 N–H and O–H groups in total. The molecule has 1 aromatic rings. The Bertz CT molecular complexity index is 534. The highest BCUT2D eigenvalue weighted by molar-refractivity contribution is 5.85. The number of nitrogens with two attached hydrogens (primary N) is 1. The maximum atomic E-state index is 12.3. The minimum Gasteiger partial charge on any atom is -0.336 e. The fourth-order valence-corrected chi connectivity index (χ4v) is 4.82. The SMILES string of the molecule is Cl.Cl.NCC(=O)N1C[C@@H](c2ccccc2)[C@@H]2[C@H]1C1CCN2CC1. The van der Waals surface area contributed by atoms with Crippen LogP contribution in [-0.2, 0) is 4.79 Å². The molecule has 6 heteroatoms. The van der Waals surface area contributed by atoms with E-state index in [9.17, 15) is 4.79 Å².